The summed E-state index contributed by atoms with van der Waals surface area (Å²) in [4.78, 5) is 15.3. The van der Waals surface area contributed by atoms with E-state index in [-0.39, 0.29) is 17.2 Å². The summed E-state index contributed by atoms with van der Waals surface area (Å²) >= 11 is 0. The van der Waals surface area contributed by atoms with E-state index in [0.29, 0.717) is 24.0 Å². The van der Waals surface area contributed by atoms with Gasteiger partial charge in [-0.2, -0.15) is 0 Å². The lowest BCUT2D eigenvalue weighted by molar-refractivity contribution is -0.224. The summed E-state index contributed by atoms with van der Waals surface area (Å²) in [6.45, 7) is 6.60. The van der Waals surface area contributed by atoms with Gasteiger partial charge in [0.05, 0.1) is 12.7 Å². The molecule has 1 aliphatic carbocycles. The van der Waals surface area contributed by atoms with Crippen molar-refractivity contribution in [1.29, 1.82) is 0 Å². The van der Waals surface area contributed by atoms with Gasteiger partial charge in [-0.25, -0.2) is 0 Å². The predicted octanol–water partition coefficient (Wildman–Crippen LogP) is 2.09. The number of morpholine rings is 1. The molecule has 3 unspecified atom stereocenters. The smallest absolute Gasteiger partial charge is 0.276 e. The molecule has 0 radical (unpaired) electrons. The number of carbonyl (C=O) groups is 1. The van der Waals surface area contributed by atoms with E-state index in [1.165, 1.54) is 0 Å². The van der Waals surface area contributed by atoms with E-state index in [2.05, 4.69) is 18.7 Å². The Kier molecular flexibility index (Phi) is 3.74. The minimum Gasteiger partial charge on any atom is -0.454 e. The van der Waals surface area contributed by atoms with E-state index < -0.39 is 17.2 Å². The SMILES string of the molecule is CC(C)N1CCOC(c2ccc3c(c2)OC2(O)c4ccccc4C(=O)C32O)C1. The van der Waals surface area contributed by atoms with E-state index in [9.17, 15) is 15.0 Å². The number of Topliss-reactive ketones (excluding diaryl/α,β-unsaturated/α-hetero) is 1. The second kappa shape index (κ2) is 5.87. The first kappa shape index (κ1) is 17.8. The van der Waals surface area contributed by atoms with E-state index in [0.717, 1.165) is 18.7 Å². The molecule has 2 aromatic carbocycles. The fourth-order valence-electron chi connectivity index (χ4n) is 4.58. The lowest BCUT2D eigenvalue weighted by Gasteiger charge is -2.35. The lowest BCUT2D eigenvalue weighted by atomic mass is 9.86. The number of hydrogen-bond donors (Lipinski definition) is 2. The standard InChI is InChI=1S/C22H23NO5/c1-13(2)23-9-10-27-19(12-23)14-7-8-17-18(11-14)28-22(26)16-6-4-3-5-15(16)20(24)21(17,22)25/h3-8,11,13,19,25-26H,9-10,12H2,1-2H3. The Morgan fingerprint density at radius 3 is 2.71 bits per heavy atom. The van der Waals surface area contributed by atoms with Crippen LogP contribution >= 0.6 is 0 Å². The van der Waals surface area contributed by atoms with Crippen LogP contribution in [0.4, 0.5) is 0 Å². The van der Waals surface area contributed by atoms with Gasteiger partial charge >= 0.3 is 0 Å². The topological polar surface area (TPSA) is 79.2 Å². The second-order valence-corrected chi connectivity index (χ2v) is 8.03. The molecule has 3 atom stereocenters. The van der Waals surface area contributed by atoms with Crippen molar-refractivity contribution in [3.63, 3.8) is 0 Å². The van der Waals surface area contributed by atoms with Crippen molar-refractivity contribution in [1.82, 2.24) is 4.90 Å². The first-order valence-corrected chi connectivity index (χ1v) is 9.64. The van der Waals surface area contributed by atoms with Crippen LogP contribution in [0.25, 0.3) is 0 Å². The first-order chi connectivity index (χ1) is 13.4. The Hall–Kier alpha value is -2.25. The molecule has 1 fully saturated rings. The molecule has 3 aliphatic rings. The van der Waals surface area contributed by atoms with E-state index in [1.807, 2.05) is 6.07 Å². The van der Waals surface area contributed by atoms with Crippen LogP contribution in [0.3, 0.4) is 0 Å². The molecule has 5 rings (SSSR count). The third-order valence-corrected chi connectivity index (χ3v) is 6.21. The summed E-state index contributed by atoms with van der Waals surface area (Å²) in [6, 6.07) is 12.3. The van der Waals surface area contributed by atoms with Crippen molar-refractivity contribution in [3.8, 4) is 5.75 Å². The molecule has 1 saturated heterocycles. The highest BCUT2D eigenvalue weighted by Crippen LogP contribution is 2.58. The number of carbonyl (C=O) groups excluding carboxylic acids is 1. The quantitative estimate of drug-likeness (QED) is 0.829. The molecule has 0 saturated carbocycles. The number of rotatable bonds is 2. The first-order valence-electron chi connectivity index (χ1n) is 9.64. The Morgan fingerprint density at radius 2 is 1.93 bits per heavy atom. The van der Waals surface area contributed by atoms with Crippen molar-refractivity contribution in [3.05, 3.63) is 64.7 Å². The maximum Gasteiger partial charge on any atom is 0.276 e. The van der Waals surface area contributed by atoms with Crippen molar-refractivity contribution in [2.75, 3.05) is 19.7 Å². The third-order valence-electron chi connectivity index (χ3n) is 6.21. The van der Waals surface area contributed by atoms with Gasteiger partial charge in [-0.05, 0) is 25.5 Å². The van der Waals surface area contributed by atoms with Crippen molar-refractivity contribution in [2.45, 2.75) is 37.4 Å². The maximum atomic E-state index is 13.0. The van der Waals surface area contributed by atoms with Gasteiger partial charge in [0, 0.05) is 35.8 Å². The zero-order chi connectivity index (χ0) is 19.7. The van der Waals surface area contributed by atoms with Gasteiger partial charge in [-0.1, -0.05) is 36.4 Å². The molecule has 146 valence electrons. The maximum absolute atomic E-state index is 13.0. The average Bonchev–Trinajstić information content (AvgIpc) is 3.04. The number of ketones is 1. The fourth-order valence-corrected chi connectivity index (χ4v) is 4.58. The number of ether oxygens (including phenoxy) is 2. The molecule has 2 heterocycles. The van der Waals surface area contributed by atoms with Crippen molar-refractivity contribution >= 4 is 5.78 Å². The monoisotopic (exact) mass is 381 g/mol. The normalized spacial score (nSPS) is 31.5. The van der Waals surface area contributed by atoms with E-state index in [1.54, 1.807) is 36.4 Å². The zero-order valence-corrected chi connectivity index (χ0v) is 15.9. The second-order valence-electron chi connectivity index (χ2n) is 8.03. The Balaban J connectivity index is 1.54. The fraction of sp³-hybridized carbons (Fsp3) is 0.409. The van der Waals surface area contributed by atoms with Gasteiger partial charge < -0.3 is 19.7 Å². The van der Waals surface area contributed by atoms with Crippen LogP contribution in [0, 0.1) is 0 Å². The molecule has 6 heteroatoms. The van der Waals surface area contributed by atoms with E-state index in [4.69, 9.17) is 9.47 Å². The van der Waals surface area contributed by atoms with E-state index >= 15 is 0 Å². The number of aliphatic hydroxyl groups is 2. The van der Waals surface area contributed by atoms with Crippen LogP contribution < -0.4 is 4.74 Å². The van der Waals surface area contributed by atoms with Gasteiger partial charge in [0.2, 0.25) is 11.4 Å². The molecule has 6 nitrogen and oxygen atoms in total. The molecule has 28 heavy (non-hydrogen) atoms. The molecular weight excluding hydrogens is 358 g/mol. The summed E-state index contributed by atoms with van der Waals surface area (Å²) in [5.41, 5.74) is -0.374. The van der Waals surface area contributed by atoms with Crippen LogP contribution in [-0.4, -0.2) is 46.6 Å². The minimum absolute atomic E-state index is 0.127. The molecule has 2 N–H and O–H groups in total. The lowest BCUT2D eigenvalue weighted by Crippen LogP contribution is -2.48. The molecule has 0 spiro atoms. The van der Waals surface area contributed by atoms with Gasteiger partial charge in [0.15, 0.2) is 0 Å². The number of hydrogen-bond acceptors (Lipinski definition) is 6. The van der Waals surface area contributed by atoms with Gasteiger partial charge in [0.1, 0.15) is 5.75 Å². The van der Waals surface area contributed by atoms with Crippen LogP contribution in [0.1, 0.15) is 47.0 Å². The Morgan fingerprint density at radius 1 is 1.14 bits per heavy atom. The Labute approximate surface area is 163 Å². The number of nitrogens with zero attached hydrogens (tertiary/aromatic N) is 1. The summed E-state index contributed by atoms with van der Waals surface area (Å²) in [5.74, 6) is -2.34. The molecule has 0 aromatic heterocycles. The van der Waals surface area contributed by atoms with Crippen molar-refractivity contribution < 1.29 is 24.5 Å². The predicted molar refractivity (Wildman–Crippen MR) is 101 cm³/mol. The highest BCUT2D eigenvalue weighted by molar-refractivity contribution is 6.09. The third kappa shape index (κ3) is 2.14. The number of fused-ring (bicyclic) bond motifs is 5. The minimum atomic E-state index is -2.14. The zero-order valence-electron chi connectivity index (χ0n) is 15.9. The Bertz CT molecular complexity index is 973. The van der Waals surface area contributed by atoms with Crippen molar-refractivity contribution in [2.24, 2.45) is 0 Å². The number of benzene rings is 2. The molecule has 0 bridgehead atoms. The summed E-state index contributed by atoms with van der Waals surface area (Å²) in [7, 11) is 0. The van der Waals surface area contributed by atoms with Crippen LogP contribution in [0.15, 0.2) is 42.5 Å². The van der Waals surface area contributed by atoms with Gasteiger partial charge in [-0.15, -0.1) is 0 Å². The molecule has 2 aromatic rings. The van der Waals surface area contributed by atoms with Gasteiger partial charge in [-0.3, -0.25) is 9.69 Å². The highest BCUT2D eigenvalue weighted by atomic mass is 16.7. The van der Waals surface area contributed by atoms with Gasteiger partial charge in [0.25, 0.3) is 5.79 Å². The molecule has 0 amide bonds. The van der Waals surface area contributed by atoms with Crippen LogP contribution in [0.5, 0.6) is 5.75 Å². The largest absolute Gasteiger partial charge is 0.454 e. The van der Waals surface area contributed by atoms with Crippen LogP contribution in [-0.2, 0) is 16.1 Å². The van der Waals surface area contributed by atoms with Crippen LogP contribution in [0.2, 0.25) is 0 Å². The molecule has 2 aliphatic heterocycles. The summed E-state index contributed by atoms with van der Waals surface area (Å²) in [5, 5.41) is 22.5. The highest BCUT2D eigenvalue weighted by Gasteiger charge is 2.70. The summed E-state index contributed by atoms with van der Waals surface area (Å²) < 4.78 is 11.8. The average molecular weight is 381 g/mol. The molecular formula is C22H23NO5. The summed E-state index contributed by atoms with van der Waals surface area (Å²) in [6.07, 6.45) is -0.127.